The van der Waals surface area contributed by atoms with Gasteiger partial charge in [-0.2, -0.15) is 15.1 Å². The fourth-order valence-corrected chi connectivity index (χ4v) is 10.0. The monoisotopic (exact) mass is 1210 g/mol. The maximum Gasteiger partial charge on any atom is 0.340 e. The molecule has 0 aliphatic carbocycles. The number of aromatic nitrogens is 7. The number of rotatable bonds is 40. The first-order valence-corrected chi connectivity index (χ1v) is 29.1. The maximum absolute atomic E-state index is 13.6. The molecule has 1 fully saturated rings. The Morgan fingerprint density at radius 1 is 0.778 bits per heavy atom. The number of ether oxygens (including phenoxy) is 11. The summed E-state index contributed by atoms with van der Waals surface area (Å²) < 4.78 is 131. The number of hydrogen-bond donors (Lipinski definition) is 6. The van der Waals surface area contributed by atoms with Gasteiger partial charge < -0.3 is 86.8 Å². The van der Waals surface area contributed by atoms with Gasteiger partial charge in [0.1, 0.15) is 48.0 Å². The third-order valence-electron chi connectivity index (χ3n) is 11.2. The maximum atomic E-state index is 13.6. The van der Waals surface area contributed by atoms with Crippen LogP contribution in [-0.4, -0.2) is 202 Å². The highest BCUT2D eigenvalue weighted by Crippen LogP contribution is 2.55. The second-order valence-electron chi connectivity index (χ2n) is 17.5. The van der Waals surface area contributed by atoms with Gasteiger partial charge in [-0.15, -0.1) is 5.10 Å². The van der Waals surface area contributed by atoms with Crippen molar-refractivity contribution in [2.45, 2.75) is 57.1 Å². The van der Waals surface area contributed by atoms with E-state index in [4.69, 9.17) is 73.3 Å². The van der Waals surface area contributed by atoms with E-state index in [-0.39, 0.29) is 49.8 Å². The Morgan fingerprint density at radius 2 is 1.35 bits per heavy atom. The SMILES string of the molecule is CC(Nc1nc(Cl)nc2c1cnn2[C@@H]1O[C@H](COP(=O)(O)CP(=O)(O)O)[C@@H](O)[C@H]1O)c1ccc(OCCOCCOCCOCCOCc2cn(CCOCCOCCOCCOCCC(=O)Oc3c(F)cc(F)cc3F)nn2)cc1. The normalized spacial score (nSPS) is 17.7. The molecule has 0 amide bonds. The van der Waals surface area contributed by atoms with Crippen molar-refractivity contribution >= 4 is 49.6 Å². The molecule has 2 unspecified atom stereocenters. The zero-order valence-electron chi connectivity index (χ0n) is 43.8. The third kappa shape index (κ3) is 22.7. The van der Waals surface area contributed by atoms with Crippen LogP contribution in [0.15, 0.2) is 48.8 Å². The number of carbonyl (C=O) groups excluding carboxylic acids is 1. The third-order valence-corrected chi connectivity index (χ3v) is 14.8. The highest BCUT2D eigenvalue weighted by atomic mass is 35.5. The second-order valence-corrected chi connectivity index (χ2v) is 21.8. The molecule has 3 aromatic heterocycles. The van der Waals surface area contributed by atoms with Crippen LogP contribution in [0.25, 0.3) is 11.0 Å². The molecule has 0 saturated carbocycles. The lowest BCUT2D eigenvalue weighted by Crippen LogP contribution is -2.33. The summed E-state index contributed by atoms with van der Waals surface area (Å²) in [5, 5.41) is 37.3. The highest BCUT2D eigenvalue weighted by Gasteiger charge is 2.46. The van der Waals surface area contributed by atoms with Crippen LogP contribution in [0.5, 0.6) is 11.5 Å². The summed E-state index contributed by atoms with van der Waals surface area (Å²) in [4.78, 5) is 48.2. The van der Waals surface area contributed by atoms with Gasteiger partial charge in [-0.3, -0.25) is 13.9 Å². The van der Waals surface area contributed by atoms with E-state index in [9.17, 15) is 42.2 Å². The van der Waals surface area contributed by atoms with Gasteiger partial charge in [0.25, 0.3) is 0 Å². The van der Waals surface area contributed by atoms with E-state index in [1.165, 1.54) is 6.20 Å². The lowest BCUT2D eigenvalue weighted by atomic mass is 10.1. The van der Waals surface area contributed by atoms with Crippen LogP contribution < -0.4 is 14.8 Å². The minimum Gasteiger partial charge on any atom is -0.491 e. The minimum absolute atomic E-state index is 0.0620. The van der Waals surface area contributed by atoms with Crippen LogP contribution in [0, 0.1) is 17.5 Å². The van der Waals surface area contributed by atoms with Crippen molar-refractivity contribution in [3.8, 4) is 11.5 Å². The fourth-order valence-electron chi connectivity index (χ4n) is 7.30. The Labute approximate surface area is 466 Å². The molecule has 6 rings (SSSR count). The second kappa shape index (κ2) is 33.4. The van der Waals surface area contributed by atoms with Crippen LogP contribution in [0.4, 0.5) is 19.0 Å². The highest BCUT2D eigenvalue weighted by molar-refractivity contribution is 7.70. The Balaban J connectivity index is 0.715. The molecule has 1 aliphatic heterocycles. The summed E-state index contributed by atoms with van der Waals surface area (Å²) in [5.41, 5.74) is 1.65. The number of nitrogens with zero attached hydrogens (tertiary/aromatic N) is 7. The molecular weight excluding hydrogens is 1150 g/mol. The molecule has 450 valence electrons. The number of esters is 1. The molecule has 2 aromatic carbocycles. The van der Waals surface area contributed by atoms with Gasteiger partial charge in [0, 0.05) is 18.2 Å². The Kier molecular flexibility index (Phi) is 27.0. The van der Waals surface area contributed by atoms with Crippen LogP contribution in [-0.2, 0) is 74.2 Å². The topological polar surface area (TPSA) is 349 Å². The van der Waals surface area contributed by atoms with E-state index in [0.717, 1.165) is 10.2 Å². The number of halogens is 4. The number of aliphatic hydroxyl groups excluding tert-OH is 2. The largest absolute Gasteiger partial charge is 0.491 e. The number of anilines is 1. The molecule has 6 atom stereocenters. The van der Waals surface area contributed by atoms with Crippen molar-refractivity contribution in [2.75, 3.05) is 124 Å². The quantitative estimate of drug-likeness (QED) is 0.0108. The van der Waals surface area contributed by atoms with Crippen LogP contribution in [0.1, 0.15) is 36.9 Å². The molecule has 28 nitrogen and oxygen atoms in total. The first-order chi connectivity index (χ1) is 38.9. The molecule has 0 radical (unpaired) electrons. The average molecular weight is 1220 g/mol. The first kappa shape index (κ1) is 65.3. The standard InChI is InChI=1S/C47H64ClF3N8O20P2/c1-31(53-44-36-26-52-59(45(36)55-47(48)54-44)46-42(62)41(61)39(78-46)29-77-81(66,67)30-80(63,64)65)32-2-4-35(5-3-32)76-23-22-74-19-18-72-16-17-73-20-21-75-28-34-27-58(57-56-34)7-9-69-11-13-71-15-14-70-12-10-68-8-6-40(60)79-43-37(50)24-33(49)25-38(43)51/h2-5,24-27,31,39,41-42,46,61-62H,6-23,28-30H2,1H3,(H,66,67)(H,53,54,55)(H2,63,64,65)/t31?,39-,41-,42-,46-/m1/s1. The van der Waals surface area contributed by atoms with Crippen LogP contribution in [0.2, 0.25) is 5.28 Å². The molecule has 0 spiro atoms. The lowest BCUT2D eigenvalue weighted by molar-refractivity contribution is -0.136. The first-order valence-electron chi connectivity index (χ1n) is 25.1. The molecule has 0 bridgehead atoms. The fraction of sp³-hybridized carbons (Fsp3) is 0.574. The van der Waals surface area contributed by atoms with Gasteiger partial charge >= 0.3 is 21.2 Å². The van der Waals surface area contributed by atoms with E-state index in [0.29, 0.717) is 127 Å². The molecule has 81 heavy (non-hydrogen) atoms. The number of nitrogens with one attached hydrogen (secondary N) is 1. The number of fused-ring (bicyclic) bond motifs is 1. The Morgan fingerprint density at radius 3 is 1.95 bits per heavy atom. The summed E-state index contributed by atoms with van der Waals surface area (Å²) in [6.07, 6.45) is -3.06. The summed E-state index contributed by atoms with van der Waals surface area (Å²) in [5.74, 6) is -6.17. The molecule has 6 N–H and O–H groups in total. The summed E-state index contributed by atoms with van der Waals surface area (Å²) in [6.45, 7) is 6.84. The number of carbonyl (C=O) groups is 1. The number of aliphatic hydroxyl groups is 2. The van der Waals surface area contributed by atoms with Crippen molar-refractivity contribution in [1.29, 1.82) is 0 Å². The molecule has 5 aromatic rings. The predicted molar refractivity (Wildman–Crippen MR) is 275 cm³/mol. The van der Waals surface area contributed by atoms with Gasteiger partial charge in [-0.25, -0.2) is 22.5 Å². The predicted octanol–water partition coefficient (Wildman–Crippen LogP) is 3.33. The zero-order valence-corrected chi connectivity index (χ0v) is 46.3. The van der Waals surface area contributed by atoms with Gasteiger partial charge in [0.2, 0.25) is 11.0 Å². The van der Waals surface area contributed by atoms with Crippen LogP contribution in [0.3, 0.4) is 0 Å². The van der Waals surface area contributed by atoms with E-state index in [1.54, 1.807) is 23.0 Å². The summed E-state index contributed by atoms with van der Waals surface area (Å²) >= 11 is 6.28. The minimum atomic E-state index is -4.89. The molecule has 34 heteroatoms. The van der Waals surface area contributed by atoms with Gasteiger partial charge in [0.15, 0.2) is 29.4 Å². The Bertz CT molecular complexity index is 2790. The number of benzene rings is 2. The van der Waals surface area contributed by atoms with E-state index in [2.05, 4.69) is 35.4 Å². The molecular formula is C47H64ClF3N8O20P2. The summed E-state index contributed by atoms with van der Waals surface area (Å²) in [7, 11) is -9.65. The van der Waals surface area contributed by atoms with Gasteiger partial charge in [-0.05, 0) is 36.2 Å². The summed E-state index contributed by atoms with van der Waals surface area (Å²) in [6, 6.07) is 7.87. The van der Waals surface area contributed by atoms with Crippen LogP contribution >= 0.6 is 26.8 Å². The average Bonchev–Trinajstić information content (AvgIpc) is 4.14. The van der Waals surface area contributed by atoms with Crippen molar-refractivity contribution in [3.63, 3.8) is 0 Å². The van der Waals surface area contributed by atoms with Crippen molar-refractivity contribution in [2.24, 2.45) is 0 Å². The molecule has 1 saturated heterocycles. The number of hydrogen-bond acceptors (Lipinski definition) is 23. The van der Waals surface area contributed by atoms with Gasteiger partial charge in [0.05, 0.1) is 143 Å². The van der Waals surface area contributed by atoms with Crippen molar-refractivity contribution < 1.29 is 109 Å². The smallest absolute Gasteiger partial charge is 0.340 e. The van der Waals surface area contributed by atoms with E-state index >= 15 is 0 Å². The van der Waals surface area contributed by atoms with E-state index in [1.807, 2.05) is 19.1 Å². The molecule has 4 heterocycles. The Hall–Kier alpha value is -4.86. The van der Waals surface area contributed by atoms with Gasteiger partial charge in [-0.1, -0.05) is 17.3 Å². The van der Waals surface area contributed by atoms with Crippen molar-refractivity contribution in [1.82, 2.24) is 34.7 Å². The lowest BCUT2D eigenvalue weighted by Gasteiger charge is -2.18. The van der Waals surface area contributed by atoms with Crippen molar-refractivity contribution in [3.05, 3.63) is 82.8 Å². The molecule has 1 aliphatic rings. The zero-order chi connectivity index (χ0) is 58.2. The van der Waals surface area contributed by atoms with E-state index < -0.39 is 81.4 Å².